The molecule has 2 heterocycles. The summed E-state index contributed by atoms with van der Waals surface area (Å²) in [6.07, 6.45) is 4.39. The van der Waals surface area contributed by atoms with E-state index in [1.807, 2.05) is 6.20 Å². The Labute approximate surface area is 72.8 Å². The van der Waals surface area contributed by atoms with E-state index in [4.69, 9.17) is 0 Å². The zero-order valence-corrected chi connectivity index (χ0v) is 7.51. The van der Waals surface area contributed by atoms with Crippen LogP contribution in [-0.2, 0) is 19.5 Å². The fourth-order valence-corrected chi connectivity index (χ4v) is 1.71. The number of nitrogens with zero attached hydrogens (tertiary/aromatic N) is 2. The number of hydrogen-bond donors (Lipinski definition) is 1. The van der Waals surface area contributed by atoms with Crippen LogP contribution in [0.25, 0.3) is 0 Å². The van der Waals surface area contributed by atoms with Crippen molar-refractivity contribution >= 4 is 0 Å². The molecule has 3 nitrogen and oxygen atoms in total. The van der Waals surface area contributed by atoms with Crippen molar-refractivity contribution in [1.29, 1.82) is 0 Å². The van der Waals surface area contributed by atoms with Crippen LogP contribution < -0.4 is 5.32 Å². The van der Waals surface area contributed by atoms with Gasteiger partial charge in [-0.2, -0.15) is 0 Å². The van der Waals surface area contributed by atoms with Gasteiger partial charge in [0, 0.05) is 25.0 Å². The highest BCUT2D eigenvalue weighted by Crippen LogP contribution is 2.10. The number of hydrogen-bond acceptors (Lipinski definition) is 2. The first kappa shape index (κ1) is 7.80. The molecule has 1 aliphatic heterocycles. The predicted molar refractivity (Wildman–Crippen MR) is 47.9 cm³/mol. The van der Waals surface area contributed by atoms with E-state index in [2.05, 4.69) is 21.8 Å². The van der Waals surface area contributed by atoms with Gasteiger partial charge in [-0.05, 0) is 6.42 Å². The topological polar surface area (TPSA) is 29.9 Å². The van der Waals surface area contributed by atoms with Crippen LogP contribution in [0.5, 0.6) is 0 Å². The quantitative estimate of drug-likeness (QED) is 0.706. The molecular formula is C9H15N3. The first-order chi connectivity index (χ1) is 5.92. The SMILES string of the molecule is CCCc1cnc2n1CCNC2. The van der Waals surface area contributed by atoms with E-state index in [-0.39, 0.29) is 0 Å². The molecule has 0 unspecified atom stereocenters. The summed E-state index contributed by atoms with van der Waals surface area (Å²) in [5, 5.41) is 3.31. The van der Waals surface area contributed by atoms with E-state index in [1.54, 1.807) is 0 Å². The maximum absolute atomic E-state index is 4.38. The Morgan fingerprint density at radius 2 is 2.58 bits per heavy atom. The maximum atomic E-state index is 4.38. The molecule has 2 rings (SSSR count). The van der Waals surface area contributed by atoms with Gasteiger partial charge in [-0.3, -0.25) is 0 Å². The third kappa shape index (κ3) is 1.25. The molecule has 0 spiro atoms. The van der Waals surface area contributed by atoms with E-state index in [0.717, 1.165) is 26.1 Å². The lowest BCUT2D eigenvalue weighted by molar-refractivity contribution is 0.492. The largest absolute Gasteiger partial charge is 0.330 e. The number of nitrogens with one attached hydrogen (secondary N) is 1. The fraction of sp³-hybridized carbons (Fsp3) is 0.667. The molecule has 0 fully saturated rings. The van der Waals surface area contributed by atoms with Crippen molar-refractivity contribution in [1.82, 2.24) is 14.9 Å². The number of aromatic nitrogens is 2. The lowest BCUT2D eigenvalue weighted by Gasteiger charge is -2.17. The van der Waals surface area contributed by atoms with Crippen LogP contribution in [0.15, 0.2) is 6.20 Å². The van der Waals surface area contributed by atoms with Crippen molar-refractivity contribution in [3.05, 3.63) is 17.7 Å². The Hall–Kier alpha value is -0.830. The number of fused-ring (bicyclic) bond motifs is 1. The van der Waals surface area contributed by atoms with Gasteiger partial charge in [0.2, 0.25) is 0 Å². The Bertz CT molecular complexity index is 265. The van der Waals surface area contributed by atoms with Gasteiger partial charge in [0.05, 0.1) is 6.54 Å². The Balaban J connectivity index is 2.25. The Kier molecular flexibility index (Phi) is 2.13. The highest BCUT2D eigenvalue weighted by Gasteiger charge is 2.11. The highest BCUT2D eigenvalue weighted by molar-refractivity contribution is 5.07. The minimum Gasteiger partial charge on any atom is -0.330 e. The van der Waals surface area contributed by atoms with E-state index < -0.39 is 0 Å². The van der Waals surface area contributed by atoms with Gasteiger partial charge in [-0.15, -0.1) is 0 Å². The number of rotatable bonds is 2. The molecule has 0 aromatic carbocycles. The highest BCUT2D eigenvalue weighted by atomic mass is 15.2. The van der Waals surface area contributed by atoms with Gasteiger partial charge >= 0.3 is 0 Å². The van der Waals surface area contributed by atoms with Gasteiger partial charge in [-0.1, -0.05) is 13.3 Å². The lowest BCUT2D eigenvalue weighted by Crippen LogP contribution is -2.29. The van der Waals surface area contributed by atoms with Crippen LogP contribution in [0.1, 0.15) is 24.9 Å². The molecule has 0 saturated heterocycles. The van der Waals surface area contributed by atoms with Gasteiger partial charge in [0.15, 0.2) is 0 Å². The van der Waals surface area contributed by atoms with Crippen LogP contribution in [0, 0.1) is 0 Å². The smallest absolute Gasteiger partial charge is 0.122 e. The molecular weight excluding hydrogens is 150 g/mol. The van der Waals surface area contributed by atoms with Crippen LogP contribution in [0.4, 0.5) is 0 Å². The summed E-state index contributed by atoms with van der Waals surface area (Å²) in [4.78, 5) is 4.38. The molecule has 1 aromatic heterocycles. The summed E-state index contributed by atoms with van der Waals surface area (Å²) in [6.45, 7) is 5.31. The number of imidazole rings is 1. The molecule has 0 radical (unpaired) electrons. The third-order valence-corrected chi connectivity index (χ3v) is 2.32. The van der Waals surface area contributed by atoms with Crippen molar-refractivity contribution in [2.24, 2.45) is 0 Å². The molecule has 1 N–H and O–H groups in total. The normalized spacial score (nSPS) is 16.1. The predicted octanol–water partition coefficient (Wildman–Crippen LogP) is 0.939. The fourth-order valence-electron chi connectivity index (χ4n) is 1.71. The maximum Gasteiger partial charge on any atom is 0.122 e. The molecule has 12 heavy (non-hydrogen) atoms. The zero-order chi connectivity index (χ0) is 8.39. The first-order valence-corrected chi connectivity index (χ1v) is 4.66. The van der Waals surface area contributed by atoms with Crippen molar-refractivity contribution in [2.75, 3.05) is 6.54 Å². The average molecular weight is 165 g/mol. The van der Waals surface area contributed by atoms with Crippen LogP contribution >= 0.6 is 0 Å². The summed E-state index contributed by atoms with van der Waals surface area (Å²) in [5.41, 5.74) is 1.40. The molecule has 66 valence electrons. The van der Waals surface area contributed by atoms with E-state index in [9.17, 15) is 0 Å². The molecule has 0 atom stereocenters. The summed E-state index contributed by atoms with van der Waals surface area (Å²) in [5.74, 6) is 1.20. The van der Waals surface area contributed by atoms with Crippen molar-refractivity contribution in [3.63, 3.8) is 0 Å². The molecule has 0 saturated carbocycles. The van der Waals surface area contributed by atoms with Gasteiger partial charge in [-0.25, -0.2) is 4.98 Å². The van der Waals surface area contributed by atoms with E-state index >= 15 is 0 Å². The standard InChI is InChI=1S/C9H15N3/c1-2-3-8-6-11-9-7-10-4-5-12(8)9/h6,10H,2-5,7H2,1H3. The molecule has 0 aliphatic carbocycles. The zero-order valence-electron chi connectivity index (χ0n) is 7.51. The van der Waals surface area contributed by atoms with E-state index in [1.165, 1.54) is 17.9 Å². The average Bonchev–Trinajstić information content (AvgIpc) is 2.50. The minimum atomic E-state index is 0.934. The molecule has 1 aromatic rings. The molecule has 0 bridgehead atoms. The molecule has 0 amide bonds. The summed E-state index contributed by atoms with van der Waals surface area (Å²) in [7, 11) is 0. The Morgan fingerprint density at radius 3 is 3.42 bits per heavy atom. The van der Waals surface area contributed by atoms with E-state index in [0.29, 0.717) is 0 Å². The lowest BCUT2D eigenvalue weighted by atomic mass is 10.2. The summed E-state index contributed by atoms with van der Waals surface area (Å²) < 4.78 is 2.35. The third-order valence-electron chi connectivity index (χ3n) is 2.32. The summed E-state index contributed by atoms with van der Waals surface area (Å²) >= 11 is 0. The van der Waals surface area contributed by atoms with Crippen molar-refractivity contribution in [2.45, 2.75) is 32.9 Å². The second-order valence-electron chi connectivity index (χ2n) is 3.24. The number of aryl methyl sites for hydroxylation is 1. The van der Waals surface area contributed by atoms with Crippen LogP contribution in [0.2, 0.25) is 0 Å². The summed E-state index contributed by atoms with van der Waals surface area (Å²) in [6, 6.07) is 0. The second kappa shape index (κ2) is 3.27. The van der Waals surface area contributed by atoms with Gasteiger partial charge in [0.25, 0.3) is 0 Å². The second-order valence-corrected chi connectivity index (χ2v) is 3.24. The Morgan fingerprint density at radius 1 is 1.67 bits per heavy atom. The molecule has 3 heteroatoms. The van der Waals surface area contributed by atoms with Crippen molar-refractivity contribution < 1.29 is 0 Å². The molecule has 1 aliphatic rings. The monoisotopic (exact) mass is 165 g/mol. The van der Waals surface area contributed by atoms with Crippen LogP contribution in [-0.4, -0.2) is 16.1 Å². The van der Waals surface area contributed by atoms with Crippen LogP contribution in [0.3, 0.4) is 0 Å². The van der Waals surface area contributed by atoms with Crippen molar-refractivity contribution in [3.8, 4) is 0 Å². The minimum absolute atomic E-state index is 0.934. The van der Waals surface area contributed by atoms with Gasteiger partial charge in [0.1, 0.15) is 5.82 Å². The first-order valence-electron chi connectivity index (χ1n) is 4.66. The van der Waals surface area contributed by atoms with Gasteiger partial charge < -0.3 is 9.88 Å².